The highest BCUT2D eigenvalue weighted by Crippen LogP contribution is 2.27. The van der Waals surface area contributed by atoms with Crippen molar-refractivity contribution in [3.8, 4) is 0 Å². The number of hydrogen-bond donors (Lipinski definition) is 0. The average Bonchev–Trinajstić information content (AvgIpc) is 2.42. The molecule has 0 aliphatic rings. The Labute approximate surface area is 104 Å². The molecular formula is C16H19N. The molecule has 0 spiro atoms. The number of benzene rings is 1. The first-order valence-electron chi connectivity index (χ1n) is 6.37. The first-order chi connectivity index (χ1) is 8.42. The summed E-state index contributed by atoms with van der Waals surface area (Å²) in [4.78, 5) is 4.51. The van der Waals surface area contributed by atoms with Gasteiger partial charge in [-0.05, 0) is 24.1 Å². The molecule has 0 aliphatic carbocycles. The van der Waals surface area contributed by atoms with Crippen molar-refractivity contribution in [2.24, 2.45) is 0 Å². The second-order valence-corrected chi connectivity index (χ2v) is 4.36. The summed E-state index contributed by atoms with van der Waals surface area (Å²) in [7, 11) is 0. The molecule has 0 N–H and O–H groups in total. The van der Waals surface area contributed by atoms with Gasteiger partial charge in [0.05, 0.1) is 0 Å². The summed E-state index contributed by atoms with van der Waals surface area (Å²) in [6.45, 7) is 2.24. The molecule has 0 fully saturated rings. The van der Waals surface area contributed by atoms with E-state index in [1.165, 1.54) is 30.5 Å². The minimum atomic E-state index is 0.442. The zero-order valence-corrected chi connectivity index (χ0v) is 10.3. The quantitative estimate of drug-likeness (QED) is 0.734. The van der Waals surface area contributed by atoms with E-state index in [0.29, 0.717) is 5.92 Å². The van der Waals surface area contributed by atoms with E-state index in [2.05, 4.69) is 54.4 Å². The van der Waals surface area contributed by atoms with Crippen molar-refractivity contribution in [1.29, 1.82) is 0 Å². The third-order valence-corrected chi connectivity index (χ3v) is 3.09. The maximum atomic E-state index is 4.51. The fourth-order valence-corrected chi connectivity index (χ4v) is 2.16. The maximum Gasteiger partial charge on any atom is 0.0478 e. The van der Waals surface area contributed by atoms with Gasteiger partial charge in [-0.2, -0.15) is 0 Å². The van der Waals surface area contributed by atoms with Crippen molar-refractivity contribution in [3.63, 3.8) is 0 Å². The number of unbranched alkanes of at least 4 members (excludes halogenated alkanes) is 1. The molecule has 2 aromatic rings. The highest BCUT2D eigenvalue weighted by molar-refractivity contribution is 5.28. The third kappa shape index (κ3) is 3.16. The second kappa shape index (κ2) is 6.19. The molecule has 0 bridgehead atoms. The Balaban J connectivity index is 2.26. The van der Waals surface area contributed by atoms with E-state index in [-0.39, 0.29) is 0 Å². The second-order valence-electron chi connectivity index (χ2n) is 4.36. The molecule has 2 rings (SSSR count). The molecule has 17 heavy (non-hydrogen) atoms. The molecule has 0 amide bonds. The Hall–Kier alpha value is -1.63. The summed E-state index contributed by atoms with van der Waals surface area (Å²) in [5.41, 5.74) is 2.56. The van der Waals surface area contributed by atoms with Crippen LogP contribution < -0.4 is 0 Å². The van der Waals surface area contributed by atoms with E-state index in [9.17, 15) is 0 Å². The van der Waals surface area contributed by atoms with Crippen molar-refractivity contribution < 1.29 is 0 Å². The van der Waals surface area contributed by atoms with Crippen molar-refractivity contribution in [1.82, 2.24) is 4.98 Å². The van der Waals surface area contributed by atoms with E-state index in [1.807, 2.05) is 12.3 Å². The number of aromatic nitrogens is 1. The molecule has 0 saturated carbocycles. The van der Waals surface area contributed by atoms with Crippen LogP contribution in [0.3, 0.4) is 0 Å². The Bertz CT molecular complexity index is 382. The molecule has 1 atom stereocenters. The first kappa shape index (κ1) is 11.8. The molecular weight excluding hydrogens is 206 g/mol. The van der Waals surface area contributed by atoms with Gasteiger partial charge >= 0.3 is 0 Å². The fourth-order valence-electron chi connectivity index (χ4n) is 2.16. The van der Waals surface area contributed by atoms with Crippen LogP contribution in [0.2, 0.25) is 0 Å². The van der Waals surface area contributed by atoms with Crippen LogP contribution in [0.5, 0.6) is 0 Å². The monoisotopic (exact) mass is 225 g/mol. The largest absolute Gasteiger partial charge is 0.261 e. The number of pyridine rings is 1. The van der Waals surface area contributed by atoms with Crippen LogP contribution in [0.15, 0.2) is 54.7 Å². The van der Waals surface area contributed by atoms with Gasteiger partial charge in [0.25, 0.3) is 0 Å². The molecule has 1 heteroatoms. The Kier molecular flexibility index (Phi) is 4.31. The van der Waals surface area contributed by atoms with Crippen LogP contribution in [0.1, 0.15) is 43.4 Å². The molecule has 1 aromatic heterocycles. The van der Waals surface area contributed by atoms with Crippen molar-refractivity contribution in [2.75, 3.05) is 0 Å². The minimum absolute atomic E-state index is 0.442. The van der Waals surface area contributed by atoms with Gasteiger partial charge in [0.1, 0.15) is 0 Å². The predicted molar refractivity (Wildman–Crippen MR) is 72.0 cm³/mol. The molecule has 88 valence electrons. The third-order valence-electron chi connectivity index (χ3n) is 3.09. The molecule has 0 aliphatic heterocycles. The van der Waals surface area contributed by atoms with Gasteiger partial charge in [-0.3, -0.25) is 4.98 Å². The first-order valence-corrected chi connectivity index (χ1v) is 6.37. The van der Waals surface area contributed by atoms with Crippen LogP contribution in [-0.4, -0.2) is 4.98 Å². The van der Waals surface area contributed by atoms with E-state index in [4.69, 9.17) is 0 Å². The summed E-state index contributed by atoms with van der Waals surface area (Å²) in [6.07, 6.45) is 5.54. The molecule has 0 radical (unpaired) electrons. The summed E-state index contributed by atoms with van der Waals surface area (Å²) in [6, 6.07) is 16.9. The van der Waals surface area contributed by atoms with Gasteiger partial charge < -0.3 is 0 Å². The zero-order valence-electron chi connectivity index (χ0n) is 10.3. The SMILES string of the molecule is CCCC[C@@H](c1ccccc1)c1ccccn1. The highest BCUT2D eigenvalue weighted by Gasteiger charge is 2.13. The van der Waals surface area contributed by atoms with Gasteiger partial charge in [0.2, 0.25) is 0 Å². The normalized spacial score (nSPS) is 12.3. The summed E-state index contributed by atoms with van der Waals surface area (Å²) < 4.78 is 0. The van der Waals surface area contributed by atoms with Gasteiger partial charge in [-0.1, -0.05) is 56.2 Å². The van der Waals surface area contributed by atoms with E-state index in [0.717, 1.165) is 0 Å². The molecule has 0 saturated heterocycles. The lowest BCUT2D eigenvalue weighted by molar-refractivity contribution is 0.638. The van der Waals surface area contributed by atoms with Crippen LogP contribution >= 0.6 is 0 Å². The van der Waals surface area contributed by atoms with Gasteiger partial charge in [0.15, 0.2) is 0 Å². The average molecular weight is 225 g/mol. The van der Waals surface area contributed by atoms with Crippen molar-refractivity contribution in [2.45, 2.75) is 32.1 Å². The highest BCUT2D eigenvalue weighted by atomic mass is 14.7. The molecule has 0 unspecified atom stereocenters. The molecule has 1 aromatic carbocycles. The van der Waals surface area contributed by atoms with E-state index < -0.39 is 0 Å². The maximum absolute atomic E-state index is 4.51. The lowest BCUT2D eigenvalue weighted by Gasteiger charge is -2.16. The van der Waals surface area contributed by atoms with Crippen molar-refractivity contribution >= 4 is 0 Å². The van der Waals surface area contributed by atoms with Crippen LogP contribution in [0.25, 0.3) is 0 Å². The van der Waals surface area contributed by atoms with E-state index >= 15 is 0 Å². The number of nitrogens with zero attached hydrogens (tertiary/aromatic N) is 1. The fraction of sp³-hybridized carbons (Fsp3) is 0.312. The van der Waals surface area contributed by atoms with Gasteiger partial charge in [-0.15, -0.1) is 0 Å². The zero-order chi connectivity index (χ0) is 11.9. The summed E-state index contributed by atoms with van der Waals surface area (Å²) >= 11 is 0. The van der Waals surface area contributed by atoms with Crippen molar-refractivity contribution in [3.05, 3.63) is 66.0 Å². The van der Waals surface area contributed by atoms with E-state index in [1.54, 1.807) is 0 Å². The Morgan fingerprint density at radius 1 is 1.00 bits per heavy atom. The summed E-state index contributed by atoms with van der Waals surface area (Å²) in [5.74, 6) is 0.442. The summed E-state index contributed by atoms with van der Waals surface area (Å²) in [5, 5.41) is 0. The van der Waals surface area contributed by atoms with Gasteiger partial charge in [0, 0.05) is 17.8 Å². The number of rotatable bonds is 5. The topological polar surface area (TPSA) is 12.9 Å². The molecule has 1 nitrogen and oxygen atoms in total. The predicted octanol–water partition coefficient (Wildman–Crippen LogP) is 4.40. The standard InChI is InChI=1S/C16H19N/c1-2-3-11-15(14-9-5-4-6-10-14)16-12-7-8-13-17-16/h4-10,12-13,15H,2-3,11H2,1H3/t15-/m0/s1. The van der Waals surface area contributed by atoms with Crippen LogP contribution in [0.4, 0.5) is 0 Å². The van der Waals surface area contributed by atoms with Gasteiger partial charge in [-0.25, -0.2) is 0 Å². The lowest BCUT2D eigenvalue weighted by atomic mass is 9.90. The lowest BCUT2D eigenvalue weighted by Crippen LogP contribution is -2.03. The van der Waals surface area contributed by atoms with Crippen LogP contribution in [-0.2, 0) is 0 Å². The Morgan fingerprint density at radius 3 is 2.41 bits per heavy atom. The number of hydrogen-bond acceptors (Lipinski definition) is 1. The minimum Gasteiger partial charge on any atom is -0.261 e. The molecule has 1 heterocycles. The smallest absolute Gasteiger partial charge is 0.0478 e. The van der Waals surface area contributed by atoms with Crippen LogP contribution in [0, 0.1) is 0 Å². The Morgan fingerprint density at radius 2 is 1.76 bits per heavy atom.